The van der Waals surface area contributed by atoms with Crippen LogP contribution in [-0.4, -0.2) is 41.1 Å². The van der Waals surface area contributed by atoms with Gasteiger partial charge in [-0.2, -0.15) is 0 Å². The van der Waals surface area contributed by atoms with Crippen molar-refractivity contribution in [2.75, 3.05) is 18.1 Å². The van der Waals surface area contributed by atoms with Gasteiger partial charge in [0.25, 0.3) is 0 Å². The van der Waals surface area contributed by atoms with Crippen LogP contribution in [0.15, 0.2) is 48.5 Å². The molecule has 2 aromatic carbocycles. The number of amides is 1. The molecule has 0 aliphatic carbocycles. The molecule has 0 radical (unpaired) electrons. The van der Waals surface area contributed by atoms with Gasteiger partial charge >= 0.3 is 0 Å². The van der Waals surface area contributed by atoms with Crippen LogP contribution in [0.5, 0.6) is 0 Å². The van der Waals surface area contributed by atoms with Gasteiger partial charge < -0.3 is 10.0 Å². The minimum Gasteiger partial charge on any atom is -0.395 e. The van der Waals surface area contributed by atoms with Crippen molar-refractivity contribution in [1.29, 1.82) is 0 Å². The van der Waals surface area contributed by atoms with Crippen molar-refractivity contribution < 1.29 is 14.3 Å². The highest BCUT2D eigenvalue weighted by Gasteiger charge is 2.52. The van der Waals surface area contributed by atoms with Crippen LogP contribution in [0.2, 0.25) is 0 Å². The third kappa shape index (κ3) is 2.63. The van der Waals surface area contributed by atoms with Gasteiger partial charge in [-0.3, -0.25) is 9.69 Å². The van der Waals surface area contributed by atoms with Gasteiger partial charge in [-0.05, 0) is 17.7 Å². The number of carbonyl (C=O) groups excluding carboxylic acids is 1. The van der Waals surface area contributed by atoms with E-state index in [2.05, 4.69) is 4.90 Å². The lowest BCUT2D eigenvalue weighted by Crippen LogP contribution is -2.68. The predicted molar refractivity (Wildman–Crippen MR) is 98.4 cm³/mol. The molecule has 0 unspecified atom stereocenters. The summed E-state index contributed by atoms with van der Waals surface area (Å²) in [6, 6.07) is 14.7. The second kappa shape index (κ2) is 6.82. The maximum atomic E-state index is 14.1. The molecule has 1 N–H and O–H groups in total. The SMILES string of the molecule is CCC(=O)N1C[C@@H]2[C@H](c3ccccc31)[C@H](CO)N2Cc1ccccc1F. The second-order valence-electron chi connectivity index (χ2n) is 7.02. The molecule has 2 heterocycles. The van der Waals surface area contributed by atoms with Crippen LogP contribution in [0.1, 0.15) is 30.4 Å². The molecule has 26 heavy (non-hydrogen) atoms. The number of rotatable bonds is 4. The summed E-state index contributed by atoms with van der Waals surface area (Å²) in [5.74, 6) is 0.0309. The molecule has 2 aromatic rings. The van der Waals surface area contributed by atoms with E-state index in [9.17, 15) is 14.3 Å². The van der Waals surface area contributed by atoms with Crippen LogP contribution in [0, 0.1) is 5.82 Å². The molecule has 2 aliphatic heterocycles. The quantitative estimate of drug-likeness (QED) is 0.918. The number of halogens is 1. The van der Waals surface area contributed by atoms with E-state index in [1.165, 1.54) is 6.07 Å². The molecule has 3 atom stereocenters. The highest BCUT2D eigenvalue weighted by Crippen LogP contribution is 2.48. The number of hydrogen-bond acceptors (Lipinski definition) is 3. The third-order valence-corrected chi connectivity index (χ3v) is 5.74. The molecule has 5 heteroatoms. The minimum absolute atomic E-state index is 0.0195. The van der Waals surface area contributed by atoms with Gasteiger partial charge in [-0.25, -0.2) is 4.39 Å². The minimum atomic E-state index is -0.231. The van der Waals surface area contributed by atoms with E-state index in [4.69, 9.17) is 0 Å². The van der Waals surface area contributed by atoms with Crippen molar-refractivity contribution in [1.82, 2.24) is 4.90 Å². The van der Waals surface area contributed by atoms with Crippen LogP contribution in [0.4, 0.5) is 10.1 Å². The molecule has 0 spiro atoms. The van der Waals surface area contributed by atoms with Gasteiger partial charge in [0.15, 0.2) is 0 Å². The van der Waals surface area contributed by atoms with Crippen LogP contribution < -0.4 is 4.90 Å². The highest BCUT2D eigenvalue weighted by atomic mass is 19.1. The van der Waals surface area contributed by atoms with Crippen LogP contribution in [0.3, 0.4) is 0 Å². The standard InChI is InChI=1S/C21H23FN2O2/c1-2-20(26)24-12-18-21(15-8-4-6-10-17(15)24)19(13-25)23(18)11-14-7-3-5-9-16(14)22/h3-10,18-19,21,25H,2,11-13H2,1H3/t18-,19+,21+/m1/s1. The number of anilines is 1. The maximum absolute atomic E-state index is 14.1. The lowest BCUT2D eigenvalue weighted by Gasteiger charge is -2.59. The lowest BCUT2D eigenvalue weighted by atomic mass is 9.71. The first-order valence-electron chi connectivity index (χ1n) is 9.15. The molecular weight excluding hydrogens is 331 g/mol. The maximum Gasteiger partial charge on any atom is 0.226 e. The third-order valence-electron chi connectivity index (χ3n) is 5.74. The summed E-state index contributed by atoms with van der Waals surface area (Å²) in [5.41, 5.74) is 2.68. The molecule has 0 bridgehead atoms. The van der Waals surface area contributed by atoms with Crippen molar-refractivity contribution in [3.63, 3.8) is 0 Å². The molecule has 4 rings (SSSR count). The Morgan fingerprint density at radius 3 is 2.65 bits per heavy atom. The summed E-state index contributed by atoms with van der Waals surface area (Å²) in [5, 5.41) is 9.97. The summed E-state index contributed by atoms with van der Waals surface area (Å²) >= 11 is 0. The average molecular weight is 354 g/mol. The summed E-state index contributed by atoms with van der Waals surface area (Å²) in [7, 11) is 0. The van der Waals surface area contributed by atoms with E-state index in [-0.39, 0.29) is 36.3 Å². The fourth-order valence-electron chi connectivity index (χ4n) is 4.45. The number of benzene rings is 2. The van der Waals surface area contributed by atoms with Gasteiger partial charge in [0.05, 0.1) is 6.61 Å². The van der Waals surface area contributed by atoms with Crippen molar-refractivity contribution in [3.05, 3.63) is 65.5 Å². The first-order valence-corrected chi connectivity index (χ1v) is 9.15. The number of fused-ring (bicyclic) bond motifs is 3. The Balaban J connectivity index is 1.68. The molecule has 2 aliphatic rings. The normalized spacial score (nSPS) is 24.6. The fraction of sp³-hybridized carbons (Fsp3) is 0.381. The van der Waals surface area contributed by atoms with Gasteiger partial charge in [0.1, 0.15) is 5.82 Å². The highest BCUT2D eigenvalue weighted by molar-refractivity contribution is 5.95. The number of hydrogen-bond donors (Lipinski definition) is 1. The Bertz CT molecular complexity index is 825. The molecular formula is C21H23FN2O2. The zero-order valence-corrected chi connectivity index (χ0v) is 14.8. The van der Waals surface area contributed by atoms with Crippen molar-refractivity contribution in [2.45, 2.75) is 37.9 Å². The zero-order valence-electron chi connectivity index (χ0n) is 14.8. The first-order chi connectivity index (χ1) is 12.7. The number of para-hydroxylation sites is 1. The summed E-state index contributed by atoms with van der Waals surface area (Å²) in [4.78, 5) is 16.5. The summed E-state index contributed by atoms with van der Waals surface area (Å²) in [6.45, 7) is 2.91. The van der Waals surface area contributed by atoms with E-state index in [0.29, 0.717) is 25.1 Å². The van der Waals surface area contributed by atoms with Gasteiger partial charge in [0.2, 0.25) is 5.91 Å². The van der Waals surface area contributed by atoms with Crippen LogP contribution in [0.25, 0.3) is 0 Å². The average Bonchev–Trinajstić information content (AvgIpc) is 2.66. The monoisotopic (exact) mass is 354 g/mol. The van der Waals surface area contributed by atoms with Crippen LogP contribution >= 0.6 is 0 Å². The Hall–Kier alpha value is -2.24. The summed E-state index contributed by atoms with van der Waals surface area (Å²) < 4.78 is 14.1. The Labute approximate surface area is 152 Å². The van der Waals surface area contributed by atoms with E-state index in [1.807, 2.05) is 42.2 Å². The molecule has 1 saturated heterocycles. The van der Waals surface area contributed by atoms with Crippen molar-refractivity contribution in [2.24, 2.45) is 0 Å². The van der Waals surface area contributed by atoms with Crippen molar-refractivity contribution >= 4 is 11.6 Å². The van der Waals surface area contributed by atoms with E-state index >= 15 is 0 Å². The number of carbonyl (C=O) groups is 1. The molecule has 4 nitrogen and oxygen atoms in total. The van der Waals surface area contributed by atoms with E-state index in [1.54, 1.807) is 12.1 Å². The lowest BCUT2D eigenvalue weighted by molar-refractivity contribution is -0.119. The Morgan fingerprint density at radius 2 is 1.92 bits per heavy atom. The molecule has 0 saturated carbocycles. The number of aliphatic hydroxyl groups is 1. The van der Waals surface area contributed by atoms with E-state index < -0.39 is 0 Å². The molecule has 136 valence electrons. The largest absolute Gasteiger partial charge is 0.395 e. The van der Waals surface area contributed by atoms with Gasteiger partial charge in [0, 0.05) is 48.8 Å². The van der Waals surface area contributed by atoms with E-state index in [0.717, 1.165) is 11.3 Å². The van der Waals surface area contributed by atoms with Crippen LogP contribution in [-0.2, 0) is 11.3 Å². The Morgan fingerprint density at radius 1 is 1.19 bits per heavy atom. The van der Waals surface area contributed by atoms with Gasteiger partial charge in [-0.1, -0.05) is 43.3 Å². The zero-order chi connectivity index (χ0) is 18.3. The van der Waals surface area contributed by atoms with Gasteiger partial charge in [-0.15, -0.1) is 0 Å². The predicted octanol–water partition coefficient (Wildman–Crippen LogP) is 2.91. The van der Waals surface area contributed by atoms with Crippen molar-refractivity contribution in [3.8, 4) is 0 Å². The number of likely N-dealkylation sites (tertiary alicyclic amines) is 1. The molecule has 1 fully saturated rings. The topological polar surface area (TPSA) is 43.8 Å². The second-order valence-corrected chi connectivity index (χ2v) is 7.02. The fourth-order valence-corrected chi connectivity index (χ4v) is 4.45. The first kappa shape index (κ1) is 17.2. The smallest absolute Gasteiger partial charge is 0.226 e. The molecule has 0 aromatic heterocycles. The number of nitrogens with zero attached hydrogens (tertiary/aromatic N) is 2. The summed E-state index contributed by atoms with van der Waals surface area (Å²) in [6.07, 6.45) is 0.447. The molecule has 1 amide bonds. The number of aliphatic hydroxyl groups excluding tert-OH is 1. The Kier molecular flexibility index (Phi) is 4.51.